The van der Waals surface area contributed by atoms with E-state index in [9.17, 15) is 14.9 Å². The summed E-state index contributed by atoms with van der Waals surface area (Å²) in [5.74, 6) is -0.662. The number of rotatable bonds is 5. The number of hydrogen-bond acceptors (Lipinski definition) is 7. The van der Waals surface area contributed by atoms with Gasteiger partial charge in [0.25, 0.3) is 0 Å². The van der Waals surface area contributed by atoms with Crippen molar-refractivity contribution in [3.8, 4) is 5.88 Å². The van der Waals surface area contributed by atoms with Gasteiger partial charge in [-0.05, 0) is 6.92 Å². The van der Waals surface area contributed by atoms with Crippen molar-refractivity contribution >= 4 is 11.7 Å². The summed E-state index contributed by atoms with van der Waals surface area (Å²) in [5.41, 5.74) is -0.289. The number of aromatic nitrogens is 2. The first-order valence-corrected chi connectivity index (χ1v) is 5.58. The van der Waals surface area contributed by atoms with Crippen LogP contribution in [0, 0.1) is 10.1 Å². The second-order valence-electron chi connectivity index (χ2n) is 4.03. The van der Waals surface area contributed by atoms with Gasteiger partial charge in [-0.1, -0.05) is 0 Å². The Hall–Kier alpha value is -2.16. The normalized spacial score (nSPS) is 16.5. The first-order valence-electron chi connectivity index (χ1n) is 5.58. The summed E-state index contributed by atoms with van der Waals surface area (Å²) in [6.45, 7) is 2.27. The molecule has 9 nitrogen and oxygen atoms in total. The predicted octanol–water partition coefficient (Wildman–Crippen LogP) is 0.303. The van der Waals surface area contributed by atoms with Gasteiger partial charge in [0.1, 0.15) is 18.3 Å². The quantitative estimate of drug-likeness (QED) is 0.430. The first kappa shape index (κ1) is 13.3. The lowest BCUT2D eigenvalue weighted by Crippen LogP contribution is -2.38. The van der Waals surface area contributed by atoms with E-state index >= 15 is 0 Å². The minimum atomic E-state index is -0.765. The van der Waals surface area contributed by atoms with Crippen LogP contribution in [0.5, 0.6) is 5.88 Å². The standard InChI is InChI=1S/C10H13N3O6/c1-6(10(14)17-2)12-3-8(13(15)16)9(11-12)19-7-4-18-5-7/h3,6-7H,4-5H2,1-2H3. The molecule has 1 aliphatic heterocycles. The van der Waals surface area contributed by atoms with E-state index in [-0.39, 0.29) is 17.7 Å². The van der Waals surface area contributed by atoms with E-state index in [4.69, 9.17) is 9.47 Å². The fourth-order valence-corrected chi connectivity index (χ4v) is 1.49. The van der Waals surface area contributed by atoms with Gasteiger partial charge in [0.05, 0.1) is 25.2 Å². The SMILES string of the molecule is COC(=O)C(C)n1cc([N+](=O)[O-])c(OC2COC2)n1. The smallest absolute Gasteiger partial charge is 0.350 e. The van der Waals surface area contributed by atoms with Crippen LogP contribution in [0.4, 0.5) is 5.69 Å². The summed E-state index contributed by atoms with van der Waals surface area (Å²) in [5, 5.41) is 14.8. The predicted molar refractivity (Wildman–Crippen MR) is 60.8 cm³/mol. The van der Waals surface area contributed by atoms with Gasteiger partial charge in [0.15, 0.2) is 0 Å². The van der Waals surface area contributed by atoms with Gasteiger partial charge in [0.2, 0.25) is 0 Å². The Labute approximate surface area is 108 Å². The van der Waals surface area contributed by atoms with Gasteiger partial charge in [-0.3, -0.25) is 10.1 Å². The van der Waals surface area contributed by atoms with Crippen LogP contribution < -0.4 is 4.74 Å². The molecule has 1 saturated heterocycles. The maximum atomic E-state index is 11.4. The number of hydrogen-bond donors (Lipinski definition) is 0. The number of nitrogens with zero attached hydrogens (tertiary/aromatic N) is 3. The molecule has 2 rings (SSSR count). The molecule has 1 fully saturated rings. The van der Waals surface area contributed by atoms with Gasteiger partial charge < -0.3 is 14.2 Å². The zero-order valence-electron chi connectivity index (χ0n) is 10.4. The average molecular weight is 271 g/mol. The van der Waals surface area contributed by atoms with Crippen molar-refractivity contribution in [1.29, 1.82) is 0 Å². The monoisotopic (exact) mass is 271 g/mol. The molecule has 0 N–H and O–H groups in total. The van der Waals surface area contributed by atoms with Crippen molar-refractivity contribution < 1.29 is 23.9 Å². The van der Waals surface area contributed by atoms with E-state index in [0.29, 0.717) is 13.2 Å². The topological polar surface area (TPSA) is 106 Å². The second-order valence-corrected chi connectivity index (χ2v) is 4.03. The summed E-state index contributed by atoms with van der Waals surface area (Å²) < 4.78 is 16.0. The number of methoxy groups -OCH3 is 1. The van der Waals surface area contributed by atoms with Crippen LogP contribution in [0.25, 0.3) is 0 Å². The van der Waals surface area contributed by atoms with Crippen LogP contribution in [-0.4, -0.2) is 47.1 Å². The van der Waals surface area contributed by atoms with Crippen LogP contribution >= 0.6 is 0 Å². The lowest BCUT2D eigenvalue weighted by molar-refractivity contribution is -0.386. The molecule has 1 unspecified atom stereocenters. The number of ether oxygens (including phenoxy) is 3. The molecule has 104 valence electrons. The molecule has 0 spiro atoms. The Morgan fingerprint density at radius 3 is 2.84 bits per heavy atom. The van der Waals surface area contributed by atoms with E-state index in [1.54, 1.807) is 0 Å². The van der Waals surface area contributed by atoms with Crippen LogP contribution in [0.15, 0.2) is 6.20 Å². The minimum Gasteiger partial charge on any atom is -0.467 e. The Morgan fingerprint density at radius 2 is 2.37 bits per heavy atom. The lowest BCUT2D eigenvalue weighted by Gasteiger charge is -2.25. The zero-order valence-corrected chi connectivity index (χ0v) is 10.4. The number of carbonyl (C=O) groups is 1. The van der Waals surface area contributed by atoms with Crippen LogP contribution in [0.3, 0.4) is 0 Å². The van der Waals surface area contributed by atoms with Crippen molar-refractivity contribution in [2.45, 2.75) is 19.1 Å². The summed E-state index contributed by atoms with van der Waals surface area (Å²) in [6.07, 6.45) is 0.909. The molecule has 0 amide bonds. The molecule has 2 heterocycles. The van der Waals surface area contributed by atoms with Gasteiger partial charge in [-0.2, -0.15) is 0 Å². The molecule has 0 radical (unpaired) electrons. The molecule has 0 saturated carbocycles. The summed E-state index contributed by atoms with van der Waals surface area (Å²) >= 11 is 0. The Kier molecular flexibility index (Phi) is 3.65. The van der Waals surface area contributed by atoms with Crippen molar-refractivity contribution in [3.05, 3.63) is 16.3 Å². The Morgan fingerprint density at radius 1 is 1.68 bits per heavy atom. The highest BCUT2D eigenvalue weighted by atomic mass is 16.6. The first-order chi connectivity index (χ1) is 9.02. The Bertz CT molecular complexity index is 495. The summed E-state index contributed by atoms with van der Waals surface area (Å²) in [4.78, 5) is 21.7. The number of carbonyl (C=O) groups excluding carboxylic acids is 1. The van der Waals surface area contributed by atoms with Crippen molar-refractivity contribution in [2.75, 3.05) is 20.3 Å². The third-order valence-corrected chi connectivity index (χ3v) is 2.70. The maximum absolute atomic E-state index is 11.4. The fraction of sp³-hybridized carbons (Fsp3) is 0.600. The summed E-state index contributed by atoms with van der Waals surface area (Å²) in [6, 6.07) is -0.765. The summed E-state index contributed by atoms with van der Waals surface area (Å²) in [7, 11) is 1.24. The van der Waals surface area contributed by atoms with Gasteiger partial charge in [-0.15, -0.1) is 5.10 Å². The largest absolute Gasteiger partial charge is 0.467 e. The molecule has 19 heavy (non-hydrogen) atoms. The average Bonchev–Trinajstić information content (AvgIpc) is 2.76. The van der Waals surface area contributed by atoms with E-state index in [2.05, 4.69) is 9.84 Å². The third-order valence-electron chi connectivity index (χ3n) is 2.70. The van der Waals surface area contributed by atoms with Gasteiger partial charge in [-0.25, -0.2) is 9.48 Å². The molecular weight excluding hydrogens is 258 g/mol. The molecule has 1 atom stereocenters. The minimum absolute atomic E-state index is 0.117. The van der Waals surface area contributed by atoms with Crippen LogP contribution in [0.1, 0.15) is 13.0 Å². The van der Waals surface area contributed by atoms with E-state index < -0.39 is 16.9 Å². The molecule has 1 aliphatic rings. The lowest BCUT2D eigenvalue weighted by atomic mass is 10.3. The van der Waals surface area contributed by atoms with Crippen LogP contribution in [0.2, 0.25) is 0 Å². The van der Waals surface area contributed by atoms with Crippen molar-refractivity contribution in [3.63, 3.8) is 0 Å². The van der Waals surface area contributed by atoms with Gasteiger partial charge in [0, 0.05) is 0 Å². The highest BCUT2D eigenvalue weighted by Crippen LogP contribution is 2.28. The molecule has 0 aromatic carbocycles. The zero-order chi connectivity index (χ0) is 14.0. The molecular formula is C10H13N3O6. The maximum Gasteiger partial charge on any atom is 0.350 e. The number of nitro groups is 1. The number of esters is 1. The molecule has 0 aliphatic carbocycles. The highest BCUT2D eigenvalue weighted by molar-refractivity contribution is 5.73. The van der Waals surface area contributed by atoms with E-state index in [0.717, 1.165) is 10.9 Å². The highest BCUT2D eigenvalue weighted by Gasteiger charge is 2.30. The van der Waals surface area contributed by atoms with E-state index in [1.165, 1.54) is 14.0 Å². The fourth-order valence-electron chi connectivity index (χ4n) is 1.49. The molecule has 9 heteroatoms. The van der Waals surface area contributed by atoms with E-state index in [1.807, 2.05) is 0 Å². The van der Waals surface area contributed by atoms with Crippen molar-refractivity contribution in [1.82, 2.24) is 9.78 Å². The van der Waals surface area contributed by atoms with Crippen LogP contribution in [-0.2, 0) is 14.3 Å². The van der Waals surface area contributed by atoms with Crippen molar-refractivity contribution in [2.24, 2.45) is 0 Å². The molecule has 1 aromatic rings. The Balaban J connectivity index is 2.23. The molecule has 1 aromatic heterocycles. The van der Waals surface area contributed by atoms with Gasteiger partial charge >= 0.3 is 17.5 Å². The molecule has 0 bridgehead atoms. The second kappa shape index (κ2) is 5.22. The third kappa shape index (κ3) is 2.65.